The van der Waals surface area contributed by atoms with Crippen molar-refractivity contribution >= 4 is 22.8 Å². The summed E-state index contributed by atoms with van der Waals surface area (Å²) in [6.07, 6.45) is 0.296. The number of carbonyl (C=O) groups excluding carboxylic acids is 1. The second kappa shape index (κ2) is 9.12. The van der Waals surface area contributed by atoms with E-state index in [4.69, 9.17) is 18.6 Å². The van der Waals surface area contributed by atoms with E-state index in [-0.39, 0.29) is 28.7 Å². The zero-order valence-corrected chi connectivity index (χ0v) is 18.6. The third kappa shape index (κ3) is 4.35. The second-order valence-electron chi connectivity index (χ2n) is 7.65. The summed E-state index contributed by atoms with van der Waals surface area (Å²) in [7, 11) is 4.50. The summed E-state index contributed by atoms with van der Waals surface area (Å²) in [6, 6.07) is 8.67. The molecule has 3 aromatic rings. The van der Waals surface area contributed by atoms with E-state index >= 15 is 0 Å². The van der Waals surface area contributed by atoms with E-state index in [1.165, 1.54) is 21.3 Å². The maximum atomic E-state index is 13.5. The monoisotopic (exact) mass is 425 g/mol. The number of ether oxygens (including phenoxy) is 3. The van der Waals surface area contributed by atoms with Gasteiger partial charge < -0.3 is 18.6 Å². The SMILES string of the molecule is COc1cc(-c2c(NC(=O)CC(C)C)oc3c(C)cccc3c2=O)cc(OC)c1OC. The molecule has 0 saturated heterocycles. The number of fused-ring (bicyclic) bond motifs is 1. The van der Waals surface area contributed by atoms with Crippen LogP contribution >= 0.6 is 0 Å². The number of anilines is 1. The molecule has 1 amide bonds. The fraction of sp³-hybridized carbons (Fsp3) is 0.333. The number of aryl methyl sites for hydroxylation is 1. The Morgan fingerprint density at radius 1 is 1.06 bits per heavy atom. The Hall–Kier alpha value is -3.48. The molecule has 31 heavy (non-hydrogen) atoms. The molecule has 3 rings (SSSR count). The van der Waals surface area contributed by atoms with Crippen molar-refractivity contribution in [3.63, 3.8) is 0 Å². The number of carbonyl (C=O) groups is 1. The van der Waals surface area contributed by atoms with Gasteiger partial charge in [-0.25, -0.2) is 0 Å². The van der Waals surface area contributed by atoms with Gasteiger partial charge in [-0.3, -0.25) is 14.9 Å². The summed E-state index contributed by atoms with van der Waals surface area (Å²) in [4.78, 5) is 26.1. The van der Waals surface area contributed by atoms with Gasteiger partial charge in [0.2, 0.25) is 23.0 Å². The first-order valence-electron chi connectivity index (χ1n) is 9.97. The predicted octanol–water partition coefficient (Wildman–Crippen LogP) is 4.78. The Labute approximate surface area is 180 Å². The van der Waals surface area contributed by atoms with Crippen molar-refractivity contribution < 1.29 is 23.4 Å². The molecular weight excluding hydrogens is 398 g/mol. The third-order valence-corrected chi connectivity index (χ3v) is 4.91. The lowest BCUT2D eigenvalue weighted by Gasteiger charge is -2.16. The summed E-state index contributed by atoms with van der Waals surface area (Å²) < 4.78 is 22.3. The fourth-order valence-electron chi connectivity index (χ4n) is 3.48. The molecule has 0 aliphatic heterocycles. The maximum absolute atomic E-state index is 13.5. The van der Waals surface area contributed by atoms with Crippen molar-refractivity contribution in [2.75, 3.05) is 26.6 Å². The molecule has 0 bridgehead atoms. The Morgan fingerprint density at radius 2 is 1.71 bits per heavy atom. The van der Waals surface area contributed by atoms with Crippen LogP contribution < -0.4 is 25.0 Å². The van der Waals surface area contributed by atoms with Crippen LogP contribution in [0.5, 0.6) is 17.2 Å². The van der Waals surface area contributed by atoms with E-state index in [1.807, 2.05) is 26.8 Å². The maximum Gasteiger partial charge on any atom is 0.226 e. The van der Waals surface area contributed by atoms with E-state index in [0.29, 0.717) is 40.2 Å². The zero-order chi connectivity index (χ0) is 22.7. The molecule has 0 unspecified atom stereocenters. The third-order valence-electron chi connectivity index (χ3n) is 4.91. The average molecular weight is 425 g/mol. The van der Waals surface area contributed by atoms with Crippen molar-refractivity contribution in [1.82, 2.24) is 0 Å². The highest BCUT2D eigenvalue weighted by molar-refractivity contribution is 5.97. The lowest BCUT2D eigenvalue weighted by atomic mass is 10.0. The molecule has 0 atom stereocenters. The van der Waals surface area contributed by atoms with Crippen LogP contribution in [-0.4, -0.2) is 27.2 Å². The molecule has 0 aliphatic rings. The minimum absolute atomic E-state index is 0.0896. The number of para-hydroxylation sites is 1. The first-order valence-corrected chi connectivity index (χ1v) is 9.97. The molecule has 7 heteroatoms. The average Bonchev–Trinajstić information content (AvgIpc) is 2.73. The molecule has 0 aliphatic carbocycles. The van der Waals surface area contributed by atoms with E-state index in [0.717, 1.165) is 5.56 Å². The van der Waals surface area contributed by atoms with Gasteiger partial charge in [-0.05, 0) is 42.2 Å². The molecule has 1 heterocycles. The van der Waals surface area contributed by atoms with Crippen molar-refractivity contribution in [2.24, 2.45) is 5.92 Å². The number of hydrogen-bond acceptors (Lipinski definition) is 6. The van der Waals surface area contributed by atoms with Crippen molar-refractivity contribution in [2.45, 2.75) is 27.2 Å². The van der Waals surface area contributed by atoms with Gasteiger partial charge in [-0.15, -0.1) is 0 Å². The standard InChI is InChI=1S/C24H27NO6/c1-13(2)10-19(26)25-24-20(21(27)16-9-7-8-14(3)22(16)31-24)15-11-17(28-4)23(30-6)18(12-15)29-5/h7-9,11-13H,10H2,1-6H3,(H,25,26). The van der Waals surface area contributed by atoms with E-state index in [9.17, 15) is 9.59 Å². The highest BCUT2D eigenvalue weighted by atomic mass is 16.5. The quantitative estimate of drug-likeness (QED) is 0.586. The van der Waals surface area contributed by atoms with Gasteiger partial charge >= 0.3 is 0 Å². The van der Waals surface area contributed by atoms with Gasteiger partial charge in [0.15, 0.2) is 11.5 Å². The predicted molar refractivity (Wildman–Crippen MR) is 120 cm³/mol. The molecule has 1 N–H and O–H groups in total. The van der Waals surface area contributed by atoms with Crippen molar-refractivity contribution in [3.8, 4) is 28.4 Å². The lowest BCUT2D eigenvalue weighted by molar-refractivity contribution is -0.116. The zero-order valence-electron chi connectivity index (χ0n) is 18.6. The minimum atomic E-state index is -0.265. The van der Waals surface area contributed by atoms with Crippen LogP contribution in [0.25, 0.3) is 22.1 Å². The van der Waals surface area contributed by atoms with Crippen LogP contribution in [0.2, 0.25) is 0 Å². The van der Waals surface area contributed by atoms with E-state index < -0.39 is 0 Å². The number of nitrogens with one attached hydrogen (secondary N) is 1. The van der Waals surface area contributed by atoms with Crippen molar-refractivity contribution in [3.05, 3.63) is 46.1 Å². The molecule has 0 radical (unpaired) electrons. The van der Waals surface area contributed by atoms with Gasteiger partial charge in [-0.1, -0.05) is 26.0 Å². The number of benzene rings is 2. The van der Waals surface area contributed by atoms with Crippen LogP contribution in [0.4, 0.5) is 5.88 Å². The highest BCUT2D eigenvalue weighted by Crippen LogP contribution is 2.42. The summed E-state index contributed by atoms with van der Waals surface area (Å²) in [5.74, 6) is 1.19. The molecular formula is C24H27NO6. The fourth-order valence-corrected chi connectivity index (χ4v) is 3.48. The number of hydrogen-bond donors (Lipinski definition) is 1. The van der Waals surface area contributed by atoms with Crippen LogP contribution in [0.3, 0.4) is 0 Å². The van der Waals surface area contributed by atoms with E-state index in [1.54, 1.807) is 24.3 Å². The molecule has 0 fully saturated rings. The van der Waals surface area contributed by atoms with Crippen LogP contribution in [0.15, 0.2) is 39.5 Å². The molecule has 1 aromatic heterocycles. The van der Waals surface area contributed by atoms with Gasteiger partial charge in [-0.2, -0.15) is 0 Å². The normalized spacial score (nSPS) is 10.9. The summed E-state index contributed by atoms with van der Waals surface area (Å²) in [5.41, 5.74) is 1.66. The van der Waals surface area contributed by atoms with Crippen LogP contribution in [-0.2, 0) is 4.79 Å². The Bertz CT molecular complexity index is 1150. The summed E-state index contributed by atoms with van der Waals surface area (Å²) >= 11 is 0. The van der Waals surface area contributed by atoms with Crippen LogP contribution in [0.1, 0.15) is 25.8 Å². The Kier molecular flexibility index (Phi) is 6.53. The molecule has 7 nitrogen and oxygen atoms in total. The van der Waals surface area contributed by atoms with Gasteiger partial charge in [0.1, 0.15) is 5.58 Å². The number of amides is 1. The first kappa shape index (κ1) is 22.2. The lowest BCUT2D eigenvalue weighted by Crippen LogP contribution is -2.18. The van der Waals surface area contributed by atoms with E-state index in [2.05, 4.69) is 5.32 Å². The van der Waals surface area contributed by atoms with Gasteiger partial charge in [0, 0.05) is 6.42 Å². The van der Waals surface area contributed by atoms with Crippen LogP contribution in [0, 0.1) is 12.8 Å². The first-order chi connectivity index (χ1) is 14.8. The van der Waals surface area contributed by atoms with Gasteiger partial charge in [0.05, 0.1) is 32.3 Å². The topological polar surface area (TPSA) is 87.0 Å². The van der Waals surface area contributed by atoms with Crippen molar-refractivity contribution in [1.29, 1.82) is 0 Å². The summed E-state index contributed by atoms with van der Waals surface area (Å²) in [6.45, 7) is 5.74. The molecule has 164 valence electrons. The Morgan fingerprint density at radius 3 is 2.26 bits per heavy atom. The molecule has 0 spiro atoms. The second-order valence-corrected chi connectivity index (χ2v) is 7.65. The number of methoxy groups -OCH3 is 3. The largest absolute Gasteiger partial charge is 0.493 e. The minimum Gasteiger partial charge on any atom is -0.493 e. The number of rotatable bonds is 7. The molecule has 2 aromatic carbocycles. The molecule has 0 saturated carbocycles. The smallest absolute Gasteiger partial charge is 0.226 e. The highest BCUT2D eigenvalue weighted by Gasteiger charge is 2.23. The summed E-state index contributed by atoms with van der Waals surface area (Å²) in [5, 5.41) is 3.21. The van der Waals surface area contributed by atoms with Gasteiger partial charge in [0.25, 0.3) is 0 Å². The Balaban J connectivity index is 2.32.